The van der Waals surface area contributed by atoms with Gasteiger partial charge in [0.2, 0.25) is 5.91 Å². The van der Waals surface area contributed by atoms with Gasteiger partial charge in [-0.05, 0) is 67.9 Å². The first-order valence-corrected chi connectivity index (χ1v) is 9.60. The van der Waals surface area contributed by atoms with Crippen molar-refractivity contribution in [1.29, 1.82) is 0 Å². The van der Waals surface area contributed by atoms with Gasteiger partial charge in [0.25, 0.3) is 5.91 Å². The number of nitrogens with one attached hydrogen (secondary N) is 2. The third-order valence-corrected chi connectivity index (χ3v) is 4.98. The van der Waals surface area contributed by atoms with E-state index < -0.39 is 0 Å². The fourth-order valence-electron chi connectivity index (χ4n) is 3.56. The SMILES string of the molecule is COc1cccc([C@@H](CNC(=O)c2ccc(NC(C)=O)cc2)N2CCCC2)c1. The van der Waals surface area contributed by atoms with Gasteiger partial charge in [-0.25, -0.2) is 0 Å². The summed E-state index contributed by atoms with van der Waals surface area (Å²) >= 11 is 0. The van der Waals surface area contributed by atoms with E-state index in [-0.39, 0.29) is 17.9 Å². The quantitative estimate of drug-likeness (QED) is 0.773. The zero-order valence-electron chi connectivity index (χ0n) is 16.4. The third-order valence-electron chi connectivity index (χ3n) is 4.98. The summed E-state index contributed by atoms with van der Waals surface area (Å²) in [6, 6.07) is 15.1. The van der Waals surface area contributed by atoms with Crippen molar-refractivity contribution in [3.63, 3.8) is 0 Å². The summed E-state index contributed by atoms with van der Waals surface area (Å²) in [4.78, 5) is 26.1. The first-order valence-electron chi connectivity index (χ1n) is 9.60. The highest BCUT2D eigenvalue weighted by Gasteiger charge is 2.24. The number of anilines is 1. The maximum Gasteiger partial charge on any atom is 0.251 e. The van der Waals surface area contributed by atoms with Crippen molar-refractivity contribution in [3.8, 4) is 5.75 Å². The molecule has 1 fully saturated rings. The average Bonchev–Trinajstić information content (AvgIpc) is 3.23. The lowest BCUT2D eigenvalue weighted by atomic mass is 10.0. The number of hydrogen-bond donors (Lipinski definition) is 2. The van der Waals surface area contributed by atoms with Crippen LogP contribution < -0.4 is 15.4 Å². The van der Waals surface area contributed by atoms with E-state index in [1.165, 1.54) is 19.8 Å². The van der Waals surface area contributed by atoms with Crippen LogP contribution in [0.15, 0.2) is 48.5 Å². The maximum atomic E-state index is 12.6. The fraction of sp³-hybridized carbons (Fsp3) is 0.364. The molecule has 1 saturated heterocycles. The van der Waals surface area contributed by atoms with Crippen LogP contribution in [0.4, 0.5) is 5.69 Å². The Morgan fingerprint density at radius 2 is 1.82 bits per heavy atom. The van der Waals surface area contributed by atoms with E-state index in [4.69, 9.17) is 4.74 Å². The van der Waals surface area contributed by atoms with E-state index in [0.29, 0.717) is 17.8 Å². The Balaban J connectivity index is 1.68. The second kappa shape index (κ2) is 9.37. The Kier molecular flexibility index (Phi) is 6.66. The molecule has 6 heteroatoms. The molecule has 0 saturated carbocycles. The lowest BCUT2D eigenvalue weighted by Crippen LogP contribution is -2.36. The van der Waals surface area contributed by atoms with Crippen LogP contribution in [0, 0.1) is 0 Å². The predicted octanol–water partition coefficient (Wildman–Crippen LogP) is 3.22. The fourth-order valence-corrected chi connectivity index (χ4v) is 3.56. The van der Waals surface area contributed by atoms with Crippen molar-refractivity contribution in [2.24, 2.45) is 0 Å². The van der Waals surface area contributed by atoms with Crippen LogP contribution >= 0.6 is 0 Å². The minimum Gasteiger partial charge on any atom is -0.497 e. The molecule has 1 heterocycles. The molecular weight excluding hydrogens is 354 g/mol. The van der Waals surface area contributed by atoms with Crippen molar-refractivity contribution in [2.75, 3.05) is 32.1 Å². The molecule has 0 aliphatic carbocycles. The van der Waals surface area contributed by atoms with Gasteiger partial charge in [-0.1, -0.05) is 12.1 Å². The van der Waals surface area contributed by atoms with Crippen molar-refractivity contribution >= 4 is 17.5 Å². The normalized spacial score (nSPS) is 15.1. The second-order valence-corrected chi connectivity index (χ2v) is 7.00. The summed E-state index contributed by atoms with van der Waals surface area (Å²) in [6.07, 6.45) is 2.36. The number of likely N-dealkylation sites (tertiary alicyclic amines) is 1. The van der Waals surface area contributed by atoms with Crippen LogP contribution in [0.3, 0.4) is 0 Å². The maximum absolute atomic E-state index is 12.6. The Morgan fingerprint density at radius 3 is 2.46 bits per heavy atom. The van der Waals surface area contributed by atoms with Gasteiger partial charge in [0.05, 0.1) is 13.2 Å². The van der Waals surface area contributed by atoms with Crippen LogP contribution in [0.1, 0.15) is 41.7 Å². The molecule has 0 bridgehead atoms. The molecule has 0 spiro atoms. The standard InChI is InChI=1S/C22H27N3O3/c1-16(26)24-19-10-8-17(9-11-19)22(27)23-15-21(25-12-3-4-13-25)18-6-5-7-20(14-18)28-2/h5-11,14,21H,3-4,12-13,15H2,1-2H3,(H,23,27)(H,24,26)/t21-/m1/s1. The topological polar surface area (TPSA) is 70.7 Å². The summed E-state index contributed by atoms with van der Waals surface area (Å²) in [5.41, 5.74) is 2.39. The summed E-state index contributed by atoms with van der Waals surface area (Å²) in [7, 11) is 1.66. The van der Waals surface area contributed by atoms with Gasteiger partial charge in [0.1, 0.15) is 5.75 Å². The average molecular weight is 381 g/mol. The molecule has 1 aliphatic heterocycles. The van der Waals surface area contributed by atoms with Crippen molar-refractivity contribution < 1.29 is 14.3 Å². The molecule has 2 aromatic carbocycles. The summed E-state index contributed by atoms with van der Waals surface area (Å²) in [5, 5.41) is 5.76. The van der Waals surface area contributed by atoms with Gasteiger partial charge in [0.15, 0.2) is 0 Å². The molecule has 148 valence electrons. The van der Waals surface area contributed by atoms with Gasteiger partial charge in [-0.3, -0.25) is 14.5 Å². The highest BCUT2D eigenvalue weighted by atomic mass is 16.5. The highest BCUT2D eigenvalue weighted by Crippen LogP contribution is 2.27. The Labute approximate surface area is 165 Å². The molecule has 2 N–H and O–H groups in total. The van der Waals surface area contributed by atoms with E-state index in [2.05, 4.69) is 21.6 Å². The van der Waals surface area contributed by atoms with Gasteiger partial charge >= 0.3 is 0 Å². The zero-order chi connectivity index (χ0) is 19.9. The lowest BCUT2D eigenvalue weighted by Gasteiger charge is -2.28. The number of methoxy groups -OCH3 is 1. The number of ether oxygens (including phenoxy) is 1. The van der Waals surface area contributed by atoms with E-state index in [0.717, 1.165) is 24.4 Å². The molecular formula is C22H27N3O3. The van der Waals surface area contributed by atoms with E-state index in [9.17, 15) is 9.59 Å². The number of rotatable bonds is 7. The number of carbonyl (C=O) groups excluding carboxylic acids is 2. The summed E-state index contributed by atoms with van der Waals surface area (Å²) in [5.74, 6) is 0.562. The second-order valence-electron chi connectivity index (χ2n) is 7.00. The van der Waals surface area contributed by atoms with E-state index in [1.807, 2.05) is 18.2 Å². The Morgan fingerprint density at radius 1 is 1.11 bits per heavy atom. The van der Waals surface area contributed by atoms with Crippen LogP contribution in [-0.2, 0) is 4.79 Å². The number of nitrogens with zero attached hydrogens (tertiary/aromatic N) is 1. The molecule has 1 atom stereocenters. The number of amides is 2. The molecule has 2 amide bonds. The lowest BCUT2D eigenvalue weighted by molar-refractivity contribution is -0.114. The monoisotopic (exact) mass is 381 g/mol. The molecule has 28 heavy (non-hydrogen) atoms. The largest absolute Gasteiger partial charge is 0.497 e. The van der Waals surface area contributed by atoms with Gasteiger partial charge in [-0.15, -0.1) is 0 Å². The smallest absolute Gasteiger partial charge is 0.251 e. The molecule has 6 nitrogen and oxygen atoms in total. The predicted molar refractivity (Wildman–Crippen MR) is 110 cm³/mol. The first-order chi connectivity index (χ1) is 13.6. The van der Waals surface area contributed by atoms with Crippen LogP contribution in [0.25, 0.3) is 0 Å². The molecule has 2 aromatic rings. The van der Waals surface area contributed by atoms with Gasteiger partial charge < -0.3 is 15.4 Å². The van der Waals surface area contributed by atoms with Crippen molar-refractivity contribution in [2.45, 2.75) is 25.8 Å². The van der Waals surface area contributed by atoms with Gasteiger partial charge in [0, 0.05) is 24.7 Å². The number of benzene rings is 2. The van der Waals surface area contributed by atoms with E-state index >= 15 is 0 Å². The Hall–Kier alpha value is -2.86. The molecule has 0 radical (unpaired) electrons. The zero-order valence-corrected chi connectivity index (χ0v) is 16.4. The molecule has 0 aromatic heterocycles. The summed E-state index contributed by atoms with van der Waals surface area (Å²) < 4.78 is 5.37. The summed E-state index contributed by atoms with van der Waals surface area (Å²) in [6.45, 7) is 4.05. The van der Waals surface area contributed by atoms with Gasteiger partial charge in [-0.2, -0.15) is 0 Å². The molecule has 3 rings (SSSR count). The first kappa shape index (κ1) is 19.9. The Bertz CT molecular complexity index is 814. The van der Waals surface area contributed by atoms with Crippen molar-refractivity contribution in [1.82, 2.24) is 10.2 Å². The van der Waals surface area contributed by atoms with Crippen LogP contribution in [0.2, 0.25) is 0 Å². The van der Waals surface area contributed by atoms with E-state index in [1.54, 1.807) is 31.4 Å². The molecule has 0 unspecified atom stereocenters. The number of carbonyl (C=O) groups is 2. The van der Waals surface area contributed by atoms with Crippen molar-refractivity contribution in [3.05, 3.63) is 59.7 Å². The number of hydrogen-bond acceptors (Lipinski definition) is 4. The third kappa shape index (κ3) is 5.10. The highest BCUT2D eigenvalue weighted by molar-refractivity contribution is 5.95. The van der Waals surface area contributed by atoms with Crippen LogP contribution in [-0.4, -0.2) is 43.5 Å². The minimum absolute atomic E-state index is 0.111. The minimum atomic E-state index is -0.135. The molecule has 1 aliphatic rings. The van der Waals surface area contributed by atoms with Crippen LogP contribution in [0.5, 0.6) is 5.75 Å².